The van der Waals surface area contributed by atoms with Gasteiger partial charge in [0.05, 0.1) is 11.2 Å². The van der Waals surface area contributed by atoms with E-state index in [0.29, 0.717) is 6.42 Å². The topological polar surface area (TPSA) is 81.8 Å². The van der Waals surface area contributed by atoms with Gasteiger partial charge in [-0.1, -0.05) is 18.2 Å². The summed E-state index contributed by atoms with van der Waals surface area (Å²) >= 11 is 0. The van der Waals surface area contributed by atoms with Gasteiger partial charge in [-0.05, 0) is 17.7 Å². The van der Waals surface area contributed by atoms with Gasteiger partial charge in [0.25, 0.3) is 5.91 Å². The number of nitrogens with zero attached hydrogens (tertiary/aromatic N) is 3. The molecule has 0 radical (unpaired) electrons. The Morgan fingerprint density at radius 2 is 2.05 bits per heavy atom. The van der Waals surface area contributed by atoms with E-state index in [9.17, 15) is 4.79 Å². The van der Waals surface area contributed by atoms with Crippen LogP contribution in [0.25, 0.3) is 10.9 Å². The average Bonchev–Trinajstić information content (AvgIpc) is 2.47. The number of pyridine rings is 1. The molecule has 0 saturated carbocycles. The molecule has 1 aromatic carbocycles. The second-order valence-corrected chi connectivity index (χ2v) is 4.43. The van der Waals surface area contributed by atoms with Crippen LogP contribution < -0.4 is 5.73 Å². The Morgan fingerprint density at radius 1 is 1.20 bits per heavy atom. The van der Waals surface area contributed by atoms with Crippen LogP contribution >= 0.6 is 0 Å². The number of nitrogens with two attached hydrogens (primary N) is 1. The van der Waals surface area contributed by atoms with Crippen LogP contribution in [0.5, 0.6) is 0 Å². The van der Waals surface area contributed by atoms with E-state index in [-0.39, 0.29) is 5.69 Å². The standard InChI is InChI=1S/C15H12N4O/c16-15(20)14-11(8-12-9-17-5-6-18-12)7-10-3-1-2-4-13(10)19-14/h1-7,9H,8H2,(H2,16,20). The first-order valence-corrected chi connectivity index (χ1v) is 6.17. The molecule has 3 rings (SSSR count). The Kier molecular flexibility index (Phi) is 3.09. The molecule has 0 aliphatic heterocycles. The fourth-order valence-electron chi connectivity index (χ4n) is 2.12. The van der Waals surface area contributed by atoms with Crippen molar-refractivity contribution in [2.24, 2.45) is 5.73 Å². The molecule has 5 nitrogen and oxygen atoms in total. The largest absolute Gasteiger partial charge is 0.364 e. The molecule has 0 saturated heterocycles. The number of carbonyl (C=O) groups excluding carboxylic acids is 1. The Morgan fingerprint density at radius 3 is 2.80 bits per heavy atom. The van der Waals surface area contributed by atoms with Crippen molar-refractivity contribution in [3.05, 3.63) is 65.9 Å². The number of fused-ring (bicyclic) bond motifs is 1. The van der Waals surface area contributed by atoms with Gasteiger partial charge in [0.15, 0.2) is 0 Å². The number of aromatic nitrogens is 3. The molecule has 0 aliphatic rings. The molecule has 98 valence electrons. The highest BCUT2D eigenvalue weighted by molar-refractivity contribution is 5.95. The van der Waals surface area contributed by atoms with Crippen molar-refractivity contribution in [2.75, 3.05) is 0 Å². The van der Waals surface area contributed by atoms with E-state index >= 15 is 0 Å². The molecule has 0 spiro atoms. The summed E-state index contributed by atoms with van der Waals surface area (Å²) in [6.07, 6.45) is 5.37. The first kappa shape index (κ1) is 12.2. The van der Waals surface area contributed by atoms with E-state index in [1.54, 1.807) is 18.6 Å². The van der Waals surface area contributed by atoms with E-state index < -0.39 is 5.91 Å². The molecule has 1 amide bonds. The van der Waals surface area contributed by atoms with E-state index in [1.807, 2.05) is 30.3 Å². The quantitative estimate of drug-likeness (QED) is 0.780. The Bertz CT molecular complexity index is 771. The van der Waals surface area contributed by atoms with Crippen molar-refractivity contribution in [2.45, 2.75) is 6.42 Å². The number of carbonyl (C=O) groups is 1. The van der Waals surface area contributed by atoms with Crippen LogP contribution in [-0.2, 0) is 6.42 Å². The molecule has 0 fully saturated rings. The van der Waals surface area contributed by atoms with Gasteiger partial charge in [0.2, 0.25) is 0 Å². The SMILES string of the molecule is NC(=O)c1nc2ccccc2cc1Cc1cnccn1. The maximum atomic E-state index is 11.6. The third-order valence-corrected chi connectivity index (χ3v) is 3.02. The zero-order valence-electron chi connectivity index (χ0n) is 10.7. The first-order chi connectivity index (χ1) is 9.74. The van der Waals surface area contributed by atoms with E-state index in [1.165, 1.54) is 0 Å². The molecule has 0 atom stereocenters. The number of hydrogen-bond acceptors (Lipinski definition) is 4. The summed E-state index contributed by atoms with van der Waals surface area (Å²) in [5.74, 6) is -0.533. The lowest BCUT2D eigenvalue weighted by molar-refractivity contribution is 0.0995. The van der Waals surface area contributed by atoms with E-state index in [4.69, 9.17) is 5.73 Å². The van der Waals surface area contributed by atoms with Crippen molar-refractivity contribution < 1.29 is 4.79 Å². The highest BCUT2D eigenvalue weighted by Gasteiger charge is 2.12. The van der Waals surface area contributed by atoms with Gasteiger partial charge in [-0.25, -0.2) is 4.98 Å². The minimum absolute atomic E-state index is 0.286. The summed E-state index contributed by atoms with van der Waals surface area (Å²) < 4.78 is 0. The molecule has 2 N–H and O–H groups in total. The fraction of sp³-hybridized carbons (Fsp3) is 0.0667. The molecule has 20 heavy (non-hydrogen) atoms. The van der Waals surface area contributed by atoms with Crippen molar-refractivity contribution in [1.29, 1.82) is 0 Å². The summed E-state index contributed by atoms with van der Waals surface area (Å²) in [7, 11) is 0. The predicted octanol–water partition coefficient (Wildman–Crippen LogP) is 1.71. The molecular formula is C15H12N4O. The van der Waals surface area contributed by atoms with Crippen LogP contribution in [0.4, 0.5) is 0 Å². The van der Waals surface area contributed by atoms with Gasteiger partial charge in [0, 0.05) is 30.4 Å². The van der Waals surface area contributed by atoms with Crippen LogP contribution in [0.3, 0.4) is 0 Å². The van der Waals surface area contributed by atoms with E-state index in [2.05, 4.69) is 15.0 Å². The Hall–Kier alpha value is -2.82. The van der Waals surface area contributed by atoms with Crippen LogP contribution in [0.2, 0.25) is 0 Å². The number of para-hydroxylation sites is 1. The van der Waals surface area contributed by atoms with Gasteiger partial charge in [0.1, 0.15) is 5.69 Å². The Labute approximate surface area is 115 Å². The minimum Gasteiger partial charge on any atom is -0.364 e. The zero-order valence-corrected chi connectivity index (χ0v) is 10.7. The lowest BCUT2D eigenvalue weighted by atomic mass is 10.0. The lowest BCUT2D eigenvalue weighted by Crippen LogP contribution is -2.16. The number of rotatable bonds is 3. The molecular weight excluding hydrogens is 252 g/mol. The predicted molar refractivity (Wildman–Crippen MR) is 75.1 cm³/mol. The maximum Gasteiger partial charge on any atom is 0.267 e. The van der Waals surface area contributed by atoms with Crippen LogP contribution in [-0.4, -0.2) is 20.9 Å². The molecule has 0 aliphatic carbocycles. The smallest absolute Gasteiger partial charge is 0.267 e. The van der Waals surface area contributed by atoms with Gasteiger partial charge in [-0.2, -0.15) is 0 Å². The third kappa shape index (κ3) is 2.33. The van der Waals surface area contributed by atoms with Crippen LogP contribution in [0, 0.1) is 0 Å². The van der Waals surface area contributed by atoms with Crippen molar-refractivity contribution in [3.63, 3.8) is 0 Å². The molecule has 0 bridgehead atoms. The lowest BCUT2D eigenvalue weighted by Gasteiger charge is -2.07. The zero-order chi connectivity index (χ0) is 13.9. The van der Waals surface area contributed by atoms with E-state index in [0.717, 1.165) is 22.2 Å². The molecule has 3 aromatic rings. The Balaban J connectivity index is 2.12. The third-order valence-electron chi connectivity index (χ3n) is 3.02. The normalized spacial score (nSPS) is 10.6. The highest BCUT2D eigenvalue weighted by atomic mass is 16.1. The van der Waals surface area contributed by atoms with Gasteiger partial charge in [-0.15, -0.1) is 0 Å². The van der Waals surface area contributed by atoms with Gasteiger partial charge >= 0.3 is 0 Å². The summed E-state index contributed by atoms with van der Waals surface area (Å²) in [5, 5.41) is 0.969. The van der Waals surface area contributed by atoms with Crippen LogP contribution in [0.1, 0.15) is 21.7 Å². The molecule has 2 heterocycles. The first-order valence-electron chi connectivity index (χ1n) is 6.17. The monoisotopic (exact) mass is 264 g/mol. The molecule has 0 unspecified atom stereocenters. The molecule has 2 aromatic heterocycles. The minimum atomic E-state index is -0.533. The number of amides is 1. The number of primary amides is 1. The fourth-order valence-corrected chi connectivity index (χ4v) is 2.12. The number of benzene rings is 1. The van der Waals surface area contributed by atoms with Crippen molar-refractivity contribution >= 4 is 16.8 Å². The maximum absolute atomic E-state index is 11.6. The van der Waals surface area contributed by atoms with Crippen LogP contribution in [0.15, 0.2) is 48.9 Å². The van der Waals surface area contributed by atoms with Crippen molar-refractivity contribution in [1.82, 2.24) is 15.0 Å². The molecule has 5 heteroatoms. The summed E-state index contributed by atoms with van der Waals surface area (Å²) in [5.41, 5.74) is 7.99. The van der Waals surface area contributed by atoms with Gasteiger partial charge in [-0.3, -0.25) is 14.8 Å². The summed E-state index contributed by atoms with van der Waals surface area (Å²) in [6, 6.07) is 9.54. The summed E-state index contributed by atoms with van der Waals surface area (Å²) in [6.45, 7) is 0. The highest BCUT2D eigenvalue weighted by Crippen LogP contribution is 2.18. The summed E-state index contributed by atoms with van der Waals surface area (Å²) in [4.78, 5) is 24.2. The van der Waals surface area contributed by atoms with Crippen molar-refractivity contribution in [3.8, 4) is 0 Å². The van der Waals surface area contributed by atoms with Gasteiger partial charge < -0.3 is 5.73 Å². The average molecular weight is 264 g/mol. The second kappa shape index (κ2) is 5.05. The number of hydrogen-bond donors (Lipinski definition) is 1. The second-order valence-electron chi connectivity index (χ2n) is 4.43.